The Bertz CT molecular complexity index is 1980. The van der Waals surface area contributed by atoms with E-state index in [1.807, 2.05) is 6.92 Å². The molecule has 9 N–H and O–H groups in total. The number of alkyl halides is 2. The number of hydrogen-bond donors (Lipinski definition) is 7. The van der Waals surface area contributed by atoms with Gasteiger partial charge in [-0.15, -0.1) is 0 Å². The Morgan fingerprint density at radius 3 is 2.42 bits per heavy atom. The number of aliphatic hydroxyl groups excluding tert-OH is 1. The minimum absolute atomic E-state index is 0.000708. The molecular weight excluding hydrogens is 811 g/mol. The summed E-state index contributed by atoms with van der Waals surface area (Å²) in [5.41, 5.74) is 5.16. The van der Waals surface area contributed by atoms with Crippen LogP contribution in [0.1, 0.15) is 85.1 Å². The summed E-state index contributed by atoms with van der Waals surface area (Å²) >= 11 is 0. The topological polar surface area (TPSA) is 250 Å². The molecule has 0 spiro atoms. The van der Waals surface area contributed by atoms with E-state index in [1.165, 1.54) is 19.1 Å². The van der Waals surface area contributed by atoms with E-state index in [9.17, 15) is 33.9 Å². The van der Waals surface area contributed by atoms with Crippen LogP contribution in [0.5, 0.6) is 0 Å². The molecule has 1 heterocycles. The number of ether oxygens (including phenoxy) is 3. The number of carbonyl (C=O) groups is 6. The summed E-state index contributed by atoms with van der Waals surface area (Å²) in [6, 6.07) is 3.87. The zero-order valence-electron chi connectivity index (χ0n) is 35.8. The predicted molar refractivity (Wildman–Crippen MR) is 221 cm³/mol. The minimum Gasteiger partial charge on any atom is -0.445 e. The highest BCUT2D eigenvalue weighted by Gasteiger charge is 2.80. The van der Waals surface area contributed by atoms with E-state index in [4.69, 9.17) is 25.7 Å². The molecule has 4 aliphatic carbocycles. The van der Waals surface area contributed by atoms with E-state index in [-0.39, 0.29) is 50.3 Å². The number of hydrogen-bond acceptors (Lipinski definition) is 11. The van der Waals surface area contributed by atoms with Crippen LogP contribution in [0.2, 0.25) is 0 Å². The molecule has 62 heavy (non-hydrogen) atoms. The number of ketones is 2. The van der Waals surface area contributed by atoms with Crippen LogP contribution in [0.15, 0.2) is 48.1 Å². The number of aliphatic hydroxyl groups is 1. The maximum atomic E-state index is 17.8. The van der Waals surface area contributed by atoms with E-state index in [0.717, 1.165) is 6.08 Å². The van der Waals surface area contributed by atoms with Crippen molar-refractivity contribution in [3.63, 3.8) is 0 Å². The molecule has 1 aliphatic heterocycles. The van der Waals surface area contributed by atoms with E-state index < -0.39 is 113 Å². The van der Waals surface area contributed by atoms with Gasteiger partial charge >= 0.3 is 12.1 Å². The molecule has 1 saturated heterocycles. The second-order valence-electron chi connectivity index (χ2n) is 18.1. The van der Waals surface area contributed by atoms with Crippen molar-refractivity contribution < 1.29 is 56.9 Å². The Labute approximate surface area is 359 Å². The van der Waals surface area contributed by atoms with Gasteiger partial charge in [-0.2, -0.15) is 0 Å². The lowest BCUT2D eigenvalue weighted by Crippen LogP contribution is -2.71. The number of Topliss-reactive ketones (excluding diaryl/α,β-unsaturated/α-hetero) is 1. The molecule has 0 bridgehead atoms. The molecule has 18 heteroatoms. The van der Waals surface area contributed by atoms with Gasteiger partial charge in [-0.25, -0.2) is 18.4 Å². The van der Waals surface area contributed by atoms with Gasteiger partial charge in [-0.3, -0.25) is 19.2 Å². The Morgan fingerprint density at radius 1 is 1.05 bits per heavy atom. The first-order valence-electron chi connectivity index (χ1n) is 21.4. The van der Waals surface area contributed by atoms with Gasteiger partial charge in [0, 0.05) is 29.0 Å². The molecule has 5 amide bonds. The number of primary amides is 1. The monoisotopic (exact) mass is 870 g/mol. The number of anilines is 1. The number of allylic oxidation sites excluding steroid dienone is 4. The second kappa shape index (κ2) is 18.1. The quantitative estimate of drug-likeness (QED) is 0.118. The summed E-state index contributed by atoms with van der Waals surface area (Å²) in [6.07, 6.45) is -0.844. The average molecular weight is 871 g/mol. The van der Waals surface area contributed by atoms with Crippen LogP contribution in [0.25, 0.3) is 0 Å². The van der Waals surface area contributed by atoms with Crippen molar-refractivity contribution in [2.24, 2.45) is 40.1 Å². The molecule has 1 aromatic carbocycles. The number of fused-ring (bicyclic) bond motifs is 7. The van der Waals surface area contributed by atoms with Crippen LogP contribution >= 0.6 is 0 Å². The van der Waals surface area contributed by atoms with Crippen molar-refractivity contribution in [2.75, 3.05) is 18.4 Å². The van der Waals surface area contributed by atoms with Crippen LogP contribution in [-0.2, 0) is 40.0 Å². The molecule has 2 unspecified atom stereocenters. The van der Waals surface area contributed by atoms with Crippen molar-refractivity contribution in [1.29, 1.82) is 0 Å². The SMILES string of the molecule is CCCC1O[C@@H]2C[C@H]3[C@@H]4C[C@H](F)C5=CC(=O)C=C[C@]5(C)C4(F)[C@@H](O)C[C@]3(C)[C@]2(C(=O)CNC(=O)OCc2ccc(NC(=O)[C@H](CCCNC(N)=O)NC(=O)[C@@H](N)C(C)C)cc2)O1. The van der Waals surface area contributed by atoms with E-state index >= 15 is 8.78 Å². The summed E-state index contributed by atoms with van der Waals surface area (Å²) < 4.78 is 52.1. The standard InChI is InChI=1S/C44H60F2N6O10/c1-6-8-35-61-34-19-27-28-18-30(45)29-17-26(53)14-15-41(29,4)43(28,46)32(54)20-42(27,5)44(34,62-35)33(55)21-50-40(59)60-22-24-10-12-25(13-11-24)51-37(56)31(9-7-16-49-39(48)58)52-38(57)36(47)23(2)3/h10-15,17,23,27-28,30-32,34-36,54H,6-9,16,18-22,47H2,1-5H3,(H,50,59)(H,51,56)(H,52,57)(H3,48,49,58)/t27-,28-,30-,31-,32-,34+,35?,36-,41-,42-,43?,44+/m0/s1. The fourth-order valence-electron chi connectivity index (χ4n) is 10.6. The number of amides is 5. The minimum atomic E-state index is -2.35. The summed E-state index contributed by atoms with van der Waals surface area (Å²) in [6.45, 7) is 8.21. The predicted octanol–water partition coefficient (Wildman–Crippen LogP) is 3.55. The largest absolute Gasteiger partial charge is 0.445 e. The molecule has 340 valence electrons. The van der Waals surface area contributed by atoms with Crippen LogP contribution in [0.4, 0.5) is 24.1 Å². The van der Waals surface area contributed by atoms with Gasteiger partial charge in [0.25, 0.3) is 0 Å². The van der Waals surface area contributed by atoms with E-state index in [2.05, 4.69) is 21.3 Å². The maximum Gasteiger partial charge on any atom is 0.407 e. The van der Waals surface area contributed by atoms with Crippen molar-refractivity contribution in [3.8, 4) is 0 Å². The molecule has 1 aromatic rings. The van der Waals surface area contributed by atoms with Gasteiger partial charge in [0.2, 0.25) is 11.8 Å². The third kappa shape index (κ3) is 8.38. The summed E-state index contributed by atoms with van der Waals surface area (Å²) in [7, 11) is 0. The lowest BCUT2D eigenvalue weighted by atomic mass is 9.44. The molecule has 4 fully saturated rings. The fraction of sp³-hybridized carbons (Fsp3) is 0.636. The van der Waals surface area contributed by atoms with E-state index in [0.29, 0.717) is 30.5 Å². The molecule has 0 radical (unpaired) electrons. The fourth-order valence-corrected chi connectivity index (χ4v) is 10.6. The molecule has 16 nitrogen and oxygen atoms in total. The van der Waals surface area contributed by atoms with Crippen LogP contribution in [-0.4, -0.2) is 102 Å². The van der Waals surface area contributed by atoms with Crippen LogP contribution < -0.4 is 32.7 Å². The number of urea groups is 1. The van der Waals surface area contributed by atoms with Gasteiger partial charge in [0.1, 0.15) is 18.8 Å². The maximum absolute atomic E-state index is 17.8. The first-order chi connectivity index (χ1) is 29.2. The molecule has 12 atom stereocenters. The Hall–Kier alpha value is -4.78. The van der Waals surface area contributed by atoms with Crippen LogP contribution in [0, 0.1) is 28.6 Å². The van der Waals surface area contributed by atoms with Crippen molar-refractivity contribution in [2.45, 2.75) is 134 Å². The molecule has 6 rings (SSSR count). The van der Waals surface area contributed by atoms with Crippen LogP contribution in [0.3, 0.4) is 0 Å². The van der Waals surface area contributed by atoms with Crippen molar-refractivity contribution >= 4 is 41.2 Å². The smallest absolute Gasteiger partial charge is 0.407 e. The second-order valence-corrected chi connectivity index (χ2v) is 18.1. The third-order valence-corrected chi connectivity index (χ3v) is 14.0. The number of nitrogens with one attached hydrogen (secondary N) is 4. The number of rotatable bonds is 16. The first-order valence-corrected chi connectivity index (χ1v) is 21.4. The highest BCUT2D eigenvalue weighted by molar-refractivity contribution is 6.01. The summed E-state index contributed by atoms with van der Waals surface area (Å²) in [5, 5.41) is 22.2. The molecule has 3 saturated carbocycles. The normalized spacial score (nSPS) is 34.1. The number of alkyl carbamates (subject to hydrolysis) is 1. The highest BCUT2D eigenvalue weighted by Crippen LogP contribution is 2.72. The van der Waals surface area contributed by atoms with Gasteiger partial charge in [-0.05, 0) is 92.7 Å². The third-order valence-electron chi connectivity index (χ3n) is 14.0. The molecular formula is C44H60F2N6O10. The highest BCUT2D eigenvalue weighted by atomic mass is 19.1. The average Bonchev–Trinajstić information content (AvgIpc) is 3.70. The zero-order chi connectivity index (χ0) is 45.4. The number of halogens is 2. The van der Waals surface area contributed by atoms with Crippen molar-refractivity contribution in [3.05, 3.63) is 53.6 Å². The molecule has 5 aliphatic rings. The lowest BCUT2D eigenvalue weighted by molar-refractivity contribution is -0.233. The van der Waals surface area contributed by atoms with Gasteiger partial charge in [0.05, 0.1) is 24.8 Å². The van der Waals surface area contributed by atoms with Gasteiger partial charge < -0.3 is 52.1 Å². The van der Waals surface area contributed by atoms with Crippen molar-refractivity contribution in [1.82, 2.24) is 16.0 Å². The van der Waals surface area contributed by atoms with Gasteiger partial charge in [-0.1, -0.05) is 52.3 Å². The Morgan fingerprint density at radius 2 is 1.76 bits per heavy atom. The first kappa shape index (κ1) is 46.7. The molecule has 0 aromatic heterocycles. The zero-order valence-corrected chi connectivity index (χ0v) is 35.8. The number of nitrogens with two attached hydrogens (primary N) is 2. The van der Waals surface area contributed by atoms with E-state index in [1.54, 1.807) is 45.0 Å². The lowest BCUT2D eigenvalue weighted by Gasteiger charge is -2.63. The summed E-state index contributed by atoms with van der Waals surface area (Å²) in [5.74, 6) is -3.89. The van der Waals surface area contributed by atoms with Gasteiger partial charge in [0.15, 0.2) is 29.1 Å². The summed E-state index contributed by atoms with van der Waals surface area (Å²) in [4.78, 5) is 76.7. The Kier molecular flexibility index (Phi) is 13.7. The Balaban J connectivity index is 1.09. The number of benzene rings is 1. The number of carbonyl (C=O) groups excluding carboxylic acids is 6.